The Morgan fingerprint density at radius 2 is 1.69 bits per heavy atom. The zero-order valence-corrected chi connectivity index (χ0v) is 19.1. The number of amides is 1. The maximum Gasteiger partial charge on any atom is 0.262 e. The van der Waals surface area contributed by atoms with E-state index >= 15 is 0 Å². The van der Waals surface area contributed by atoms with Gasteiger partial charge in [0.25, 0.3) is 15.9 Å². The van der Waals surface area contributed by atoms with E-state index in [1.54, 1.807) is 30.3 Å². The third-order valence-corrected chi connectivity index (χ3v) is 6.18. The van der Waals surface area contributed by atoms with Crippen LogP contribution in [0.4, 0.5) is 11.4 Å². The summed E-state index contributed by atoms with van der Waals surface area (Å²) in [5.41, 5.74) is 2.38. The van der Waals surface area contributed by atoms with E-state index in [1.165, 1.54) is 30.9 Å². The molecule has 32 heavy (non-hydrogen) atoms. The van der Waals surface area contributed by atoms with Gasteiger partial charge in [-0.25, -0.2) is 8.42 Å². The highest BCUT2D eigenvalue weighted by molar-refractivity contribution is 7.92. The Labute approximate surface area is 189 Å². The third kappa shape index (κ3) is 6.09. The van der Waals surface area contributed by atoms with Crippen molar-refractivity contribution in [1.29, 1.82) is 0 Å². The zero-order chi connectivity index (χ0) is 23.1. The minimum Gasteiger partial charge on any atom is -0.495 e. The van der Waals surface area contributed by atoms with Gasteiger partial charge in [0.2, 0.25) is 0 Å². The lowest BCUT2D eigenvalue weighted by atomic mass is 10.1. The molecule has 0 aliphatic heterocycles. The van der Waals surface area contributed by atoms with Gasteiger partial charge in [-0.2, -0.15) is 0 Å². The number of benzene rings is 3. The van der Waals surface area contributed by atoms with Crippen molar-refractivity contribution < 1.29 is 17.9 Å². The molecule has 0 fully saturated rings. The van der Waals surface area contributed by atoms with Crippen LogP contribution in [0.3, 0.4) is 0 Å². The van der Waals surface area contributed by atoms with Gasteiger partial charge in [0.15, 0.2) is 0 Å². The number of hydrogen-bond acceptors (Lipinski definition) is 5. The Balaban J connectivity index is 1.73. The fraction of sp³-hybridized carbons (Fsp3) is 0.208. The van der Waals surface area contributed by atoms with Crippen LogP contribution in [0.25, 0.3) is 0 Å². The molecule has 3 rings (SSSR count). The van der Waals surface area contributed by atoms with Crippen LogP contribution in [-0.2, 0) is 16.4 Å². The van der Waals surface area contributed by atoms with E-state index in [2.05, 4.69) is 14.9 Å². The first kappa shape index (κ1) is 23.3. The Hall–Kier alpha value is -3.36. The zero-order valence-electron chi connectivity index (χ0n) is 18.3. The van der Waals surface area contributed by atoms with Gasteiger partial charge >= 0.3 is 0 Å². The highest BCUT2D eigenvalue weighted by Gasteiger charge is 2.18. The van der Waals surface area contributed by atoms with Crippen molar-refractivity contribution in [2.45, 2.75) is 11.3 Å². The van der Waals surface area contributed by atoms with Gasteiger partial charge in [-0.3, -0.25) is 9.52 Å². The second kappa shape index (κ2) is 10.3. The van der Waals surface area contributed by atoms with Crippen molar-refractivity contribution in [2.75, 3.05) is 37.8 Å². The first-order chi connectivity index (χ1) is 15.3. The van der Waals surface area contributed by atoms with Crippen LogP contribution in [0.15, 0.2) is 77.7 Å². The summed E-state index contributed by atoms with van der Waals surface area (Å²) in [5, 5.41) is 2.81. The van der Waals surface area contributed by atoms with E-state index in [0.29, 0.717) is 17.1 Å². The molecule has 0 aliphatic carbocycles. The molecule has 1 amide bonds. The second-order valence-electron chi connectivity index (χ2n) is 7.54. The average Bonchev–Trinajstić information content (AvgIpc) is 2.79. The average molecular weight is 454 g/mol. The molecule has 0 aliphatic rings. The molecule has 3 aromatic carbocycles. The molecule has 0 unspecified atom stereocenters. The van der Waals surface area contributed by atoms with Crippen molar-refractivity contribution in [2.24, 2.45) is 0 Å². The molecule has 8 heteroatoms. The fourth-order valence-electron chi connectivity index (χ4n) is 3.05. The number of para-hydroxylation sites is 2. The summed E-state index contributed by atoms with van der Waals surface area (Å²) in [6.45, 7) is 0.940. The number of sulfonamides is 1. The number of likely N-dealkylation sites (N-methyl/N-ethyl adjacent to an activating group) is 1. The Morgan fingerprint density at radius 1 is 0.969 bits per heavy atom. The number of ether oxygens (including phenoxy) is 1. The van der Waals surface area contributed by atoms with Crippen molar-refractivity contribution in [3.63, 3.8) is 0 Å². The molecule has 0 heterocycles. The molecule has 0 bridgehead atoms. The molecule has 7 nitrogen and oxygen atoms in total. The summed E-state index contributed by atoms with van der Waals surface area (Å²) in [7, 11) is 1.60. The minimum atomic E-state index is -3.91. The summed E-state index contributed by atoms with van der Waals surface area (Å²) in [6.07, 6.45) is 0.917. The molecule has 168 valence electrons. The molecule has 0 spiro atoms. The Morgan fingerprint density at radius 3 is 2.38 bits per heavy atom. The molecule has 0 aromatic heterocycles. The molecule has 0 radical (unpaired) electrons. The number of anilines is 2. The van der Waals surface area contributed by atoms with Crippen LogP contribution in [0.1, 0.15) is 15.9 Å². The number of rotatable bonds is 9. The summed E-state index contributed by atoms with van der Waals surface area (Å²) in [6, 6.07) is 20.2. The first-order valence-electron chi connectivity index (χ1n) is 10.1. The van der Waals surface area contributed by atoms with Gasteiger partial charge in [0, 0.05) is 17.8 Å². The first-order valence-corrected chi connectivity index (χ1v) is 11.6. The monoisotopic (exact) mass is 453 g/mol. The summed E-state index contributed by atoms with van der Waals surface area (Å²) in [5.74, 6) is 0.0133. The largest absolute Gasteiger partial charge is 0.495 e. The van der Waals surface area contributed by atoms with Crippen molar-refractivity contribution >= 4 is 27.3 Å². The molecule has 0 saturated heterocycles. The summed E-state index contributed by atoms with van der Waals surface area (Å²) >= 11 is 0. The van der Waals surface area contributed by atoms with Crippen LogP contribution in [0.2, 0.25) is 0 Å². The lowest BCUT2D eigenvalue weighted by Gasteiger charge is -2.12. The number of carbonyl (C=O) groups is 1. The third-order valence-electron chi connectivity index (χ3n) is 4.82. The highest BCUT2D eigenvalue weighted by atomic mass is 32.2. The van der Waals surface area contributed by atoms with Gasteiger partial charge in [0.05, 0.1) is 17.7 Å². The molecule has 0 saturated carbocycles. The van der Waals surface area contributed by atoms with Gasteiger partial charge in [-0.05, 0) is 68.5 Å². The van der Waals surface area contributed by atoms with Crippen LogP contribution >= 0.6 is 0 Å². The number of nitrogens with one attached hydrogen (secondary N) is 2. The van der Waals surface area contributed by atoms with Crippen LogP contribution in [0, 0.1) is 0 Å². The molecule has 2 N–H and O–H groups in total. The van der Waals surface area contributed by atoms with E-state index in [9.17, 15) is 13.2 Å². The van der Waals surface area contributed by atoms with Crippen molar-refractivity contribution in [3.8, 4) is 5.75 Å². The number of carbonyl (C=O) groups excluding carboxylic acids is 1. The SMILES string of the molecule is COc1ccccc1NS(=O)(=O)c1cccc(C(=O)Nc2ccc(CCN(C)C)cc2)c1. The molecular formula is C24H27N3O4S. The van der Waals surface area contributed by atoms with Gasteiger partial charge in [0.1, 0.15) is 5.75 Å². The minimum absolute atomic E-state index is 0.0184. The van der Waals surface area contributed by atoms with Crippen molar-refractivity contribution in [1.82, 2.24) is 4.90 Å². The number of nitrogens with zero attached hydrogens (tertiary/aromatic N) is 1. The highest BCUT2D eigenvalue weighted by Crippen LogP contribution is 2.26. The summed E-state index contributed by atoms with van der Waals surface area (Å²) < 4.78 is 33.4. The van der Waals surface area contributed by atoms with Crippen molar-refractivity contribution in [3.05, 3.63) is 83.9 Å². The lowest BCUT2D eigenvalue weighted by Crippen LogP contribution is -2.16. The van der Waals surface area contributed by atoms with E-state index < -0.39 is 10.0 Å². The van der Waals surface area contributed by atoms with Gasteiger partial charge in [-0.15, -0.1) is 0 Å². The van der Waals surface area contributed by atoms with Crippen LogP contribution in [-0.4, -0.2) is 47.0 Å². The number of methoxy groups -OCH3 is 1. The topological polar surface area (TPSA) is 87.7 Å². The smallest absolute Gasteiger partial charge is 0.262 e. The predicted molar refractivity (Wildman–Crippen MR) is 127 cm³/mol. The van der Waals surface area contributed by atoms with E-state index in [1.807, 2.05) is 38.4 Å². The quantitative estimate of drug-likeness (QED) is 0.514. The van der Waals surface area contributed by atoms with Crippen LogP contribution in [0.5, 0.6) is 5.75 Å². The fourth-order valence-corrected chi connectivity index (χ4v) is 4.16. The van der Waals surface area contributed by atoms with E-state index in [0.717, 1.165) is 13.0 Å². The maximum atomic E-state index is 12.8. The predicted octanol–water partition coefficient (Wildman–Crippen LogP) is 3.85. The standard InChI is InChI=1S/C24H27N3O4S/c1-27(2)16-15-18-11-13-20(14-12-18)25-24(28)19-7-6-8-21(17-19)32(29,30)26-22-9-4-5-10-23(22)31-3/h4-14,17,26H,15-16H2,1-3H3,(H,25,28). The van der Waals surface area contributed by atoms with Gasteiger partial charge in [-0.1, -0.05) is 30.3 Å². The van der Waals surface area contributed by atoms with Gasteiger partial charge < -0.3 is 15.0 Å². The normalized spacial score (nSPS) is 11.2. The molecular weight excluding hydrogens is 426 g/mol. The van der Waals surface area contributed by atoms with E-state index in [4.69, 9.17) is 4.74 Å². The maximum absolute atomic E-state index is 12.8. The Kier molecular flexibility index (Phi) is 7.50. The van der Waals surface area contributed by atoms with Crippen LogP contribution < -0.4 is 14.8 Å². The molecule has 0 atom stereocenters. The van der Waals surface area contributed by atoms with E-state index in [-0.39, 0.29) is 16.4 Å². The second-order valence-corrected chi connectivity index (χ2v) is 9.22. The lowest BCUT2D eigenvalue weighted by molar-refractivity contribution is 0.102. The number of hydrogen-bond donors (Lipinski definition) is 2. The Bertz CT molecular complexity index is 1180. The molecule has 3 aromatic rings. The summed E-state index contributed by atoms with van der Waals surface area (Å²) in [4.78, 5) is 14.8.